The Morgan fingerprint density at radius 3 is 2.90 bits per heavy atom. The highest BCUT2D eigenvalue weighted by Crippen LogP contribution is 2.27. The van der Waals surface area contributed by atoms with Crippen LogP contribution in [-0.2, 0) is 0 Å². The quantitative estimate of drug-likeness (QED) is 0.799. The third-order valence-corrected chi connectivity index (χ3v) is 3.37. The number of ketones is 1. The number of hydrogen-bond donors (Lipinski definition) is 0. The van der Waals surface area contributed by atoms with E-state index in [0.29, 0.717) is 36.4 Å². The molecule has 0 spiro atoms. The van der Waals surface area contributed by atoms with Gasteiger partial charge in [0.05, 0.1) is 5.69 Å². The molecule has 0 N–H and O–H groups in total. The first-order chi connectivity index (χ1) is 9.66. The van der Waals surface area contributed by atoms with Gasteiger partial charge < -0.3 is 9.42 Å². The summed E-state index contributed by atoms with van der Waals surface area (Å²) in [5.41, 5.74) is 1.52. The molecule has 0 saturated heterocycles. The number of Topliss-reactive ketones (excluding diaryl/α,β-unsaturated/α-hetero) is 1. The van der Waals surface area contributed by atoms with Crippen LogP contribution in [0.15, 0.2) is 34.9 Å². The molecular weight excluding hydrogens is 256 g/mol. The maximum Gasteiger partial charge on any atom is 0.280 e. The van der Waals surface area contributed by atoms with Crippen LogP contribution >= 0.6 is 0 Å². The van der Waals surface area contributed by atoms with Crippen LogP contribution in [0.1, 0.15) is 39.4 Å². The van der Waals surface area contributed by atoms with Gasteiger partial charge in [0, 0.05) is 24.6 Å². The summed E-state index contributed by atoms with van der Waals surface area (Å²) < 4.78 is 4.95. The number of carbonyl (C=O) groups excluding carboxylic acids is 2. The molecule has 0 aliphatic carbocycles. The molecule has 1 aromatic heterocycles. The number of rotatable bonds is 1. The summed E-state index contributed by atoms with van der Waals surface area (Å²) in [7, 11) is 0. The molecule has 2 aromatic rings. The third-order valence-electron chi connectivity index (χ3n) is 3.37. The van der Waals surface area contributed by atoms with Gasteiger partial charge in [0.15, 0.2) is 11.5 Å². The van der Waals surface area contributed by atoms with E-state index in [9.17, 15) is 9.59 Å². The number of aryl methyl sites for hydroxylation is 1. The number of nitrogens with zero attached hydrogens (tertiary/aromatic N) is 2. The number of benzene rings is 1. The Labute approximate surface area is 116 Å². The van der Waals surface area contributed by atoms with Gasteiger partial charge in [-0.25, -0.2) is 0 Å². The van der Waals surface area contributed by atoms with Gasteiger partial charge in [-0.05, 0) is 25.5 Å². The Morgan fingerprint density at radius 2 is 2.15 bits per heavy atom. The van der Waals surface area contributed by atoms with E-state index in [1.54, 1.807) is 30.0 Å². The molecule has 2 heterocycles. The second-order valence-corrected chi connectivity index (χ2v) is 4.82. The molecule has 0 fully saturated rings. The summed E-state index contributed by atoms with van der Waals surface area (Å²) in [5.74, 6) is 0.434. The fraction of sp³-hybridized carbons (Fsp3) is 0.267. The van der Waals surface area contributed by atoms with Gasteiger partial charge in [-0.1, -0.05) is 17.3 Å². The molecule has 0 unspecified atom stereocenters. The summed E-state index contributed by atoms with van der Waals surface area (Å²) in [6, 6.07) is 8.80. The lowest BCUT2D eigenvalue weighted by atomic mass is 10.1. The van der Waals surface area contributed by atoms with Crippen molar-refractivity contribution < 1.29 is 14.1 Å². The number of aromatic nitrogens is 1. The van der Waals surface area contributed by atoms with E-state index in [-0.39, 0.29) is 17.4 Å². The van der Waals surface area contributed by atoms with Gasteiger partial charge in [-0.15, -0.1) is 0 Å². The fourth-order valence-electron chi connectivity index (χ4n) is 2.41. The molecule has 1 amide bonds. The predicted octanol–water partition coefficient (Wildman–Crippen LogP) is 2.61. The summed E-state index contributed by atoms with van der Waals surface area (Å²) in [6.07, 6.45) is 1.11. The fourth-order valence-corrected chi connectivity index (χ4v) is 2.41. The molecule has 5 nitrogen and oxygen atoms in total. The zero-order valence-corrected chi connectivity index (χ0v) is 11.1. The second-order valence-electron chi connectivity index (χ2n) is 4.82. The Morgan fingerprint density at radius 1 is 1.35 bits per heavy atom. The van der Waals surface area contributed by atoms with Crippen molar-refractivity contribution in [2.24, 2.45) is 0 Å². The molecular formula is C15H14N2O3. The first-order valence-corrected chi connectivity index (χ1v) is 6.54. The molecule has 0 saturated carbocycles. The topological polar surface area (TPSA) is 63.4 Å². The number of fused-ring (bicyclic) bond motifs is 1. The van der Waals surface area contributed by atoms with Gasteiger partial charge in [0.1, 0.15) is 5.76 Å². The monoisotopic (exact) mass is 270 g/mol. The van der Waals surface area contributed by atoms with Crippen molar-refractivity contribution >= 4 is 17.4 Å². The average molecular weight is 270 g/mol. The number of hydrogen-bond acceptors (Lipinski definition) is 4. The second kappa shape index (κ2) is 4.92. The molecule has 1 aromatic carbocycles. The Bertz CT molecular complexity index is 675. The van der Waals surface area contributed by atoms with Gasteiger partial charge in [-0.3, -0.25) is 9.59 Å². The lowest BCUT2D eigenvalue weighted by Crippen LogP contribution is -2.32. The molecule has 1 aliphatic heterocycles. The van der Waals surface area contributed by atoms with Crippen LogP contribution < -0.4 is 4.90 Å². The third kappa shape index (κ3) is 2.11. The van der Waals surface area contributed by atoms with Crippen LogP contribution in [0.25, 0.3) is 0 Å². The standard InChI is InChI=1S/C15H14N2O3/c1-10-9-12(16-20-10)15(19)17-8-4-7-14(18)11-5-2-3-6-13(11)17/h2-3,5-6,9H,4,7-8H2,1H3. The highest BCUT2D eigenvalue weighted by atomic mass is 16.5. The van der Waals surface area contributed by atoms with Crippen molar-refractivity contribution in [1.82, 2.24) is 5.16 Å². The van der Waals surface area contributed by atoms with Crippen molar-refractivity contribution in [2.75, 3.05) is 11.4 Å². The summed E-state index contributed by atoms with van der Waals surface area (Å²) >= 11 is 0. The van der Waals surface area contributed by atoms with Crippen LogP contribution in [0.4, 0.5) is 5.69 Å². The number of amides is 1. The van der Waals surface area contributed by atoms with Crippen molar-refractivity contribution in [3.63, 3.8) is 0 Å². The minimum Gasteiger partial charge on any atom is -0.361 e. The van der Waals surface area contributed by atoms with Gasteiger partial charge in [0.25, 0.3) is 5.91 Å². The van der Waals surface area contributed by atoms with Crippen LogP contribution in [0.2, 0.25) is 0 Å². The normalized spacial score (nSPS) is 14.8. The maximum absolute atomic E-state index is 12.5. The number of anilines is 1. The smallest absolute Gasteiger partial charge is 0.280 e. The zero-order valence-electron chi connectivity index (χ0n) is 11.1. The van der Waals surface area contributed by atoms with Crippen LogP contribution in [-0.4, -0.2) is 23.4 Å². The van der Waals surface area contributed by atoms with E-state index in [0.717, 1.165) is 0 Å². The summed E-state index contributed by atoms with van der Waals surface area (Å²) in [6.45, 7) is 2.25. The predicted molar refractivity (Wildman–Crippen MR) is 72.9 cm³/mol. The van der Waals surface area contributed by atoms with Crippen molar-refractivity contribution in [3.05, 3.63) is 47.3 Å². The van der Waals surface area contributed by atoms with Crippen molar-refractivity contribution in [2.45, 2.75) is 19.8 Å². The highest BCUT2D eigenvalue weighted by Gasteiger charge is 2.27. The molecule has 0 bridgehead atoms. The SMILES string of the molecule is Cc1cc(C(=O)N2CCCC(=O)c3ccccc32)no1. The maximum atomic E-state index is 12.5. The minimum absolute atomic E-state index is 0.0761. The Hall–Kier alpha value is -2.43. The van der Waals surface area contributed by atoms with Gasteiger partial charge >= 0.3 is 0 Å². The summed E-state index contributed by atoms with van der Waals surface area (Å²) in [5, 5.41) is 3.76. The molecule has 20 heavy (non-hydrogen) atoms. The Kier molecular flexibility index (Phi) is 3.10. The van der Waals surface area contributed by atoms with E-state index in [4.69, 9.17) is 4.52 Å². The van der Waals surface area contributed by atoms with Crippen molar-refractivity contribution in [1.29, 1.82) is 0 Å². The zero-order chi connectivity index (χ0) is 14.1. The lowest BCUT2D eigenvalue weighted by molar-refractivity contribution is 0.0969. The summed E-state index contributed by atoms with van der Waals surface area (Å²) in [4.78, 5) is 26.2. The van der Waals surface area contributed by atoms with Crippen molar-refractivity contribution in [3.8, 4) is 0 Å². The average Bonchev–Trinajstić information content (AvgIpc) is 2.82. The number of para-hydroxylation sites is 1. The first-order valence-electron chi connectivity index (χ1n) is 6.54. The lowest BCUT2D eigenvalue weighted by Gasteiger charge is -2.21. The van der Waals surface area contributed by atoms with Crippen LogP contribution in [0, 0.1) is 6.92 Å². The van der Waals surface area contributed by atoms with E-state index < -0.39 is 0 Å². The highest BCUT2D eigenvalue weighted by molar-refractivity contribution is 6.10. The van der Waals surface area contributed by atoms with Gasteiger partial charge in [-0.2, -0.15) is 0 Å². The van der Waals surface area contributed by atoms with Gasteiger partial charge in [0.2, 0.25) is 0 Å². The molecule has 5 heteroatoms. The molecule has 0 radical (unpaired) electrons. The largest absolute Gasteiger partial charge is 0.361 e. The van der Waals surface area contributed by atoms with Crippen LogP contribution in [0.3, 0.4) is 0 Å². The first kappa shape index (κ1) is 12.6. The Balaban J connectivity index is 2.03. The molecule has 3 rings (SSSR count). The van der Waals surface area contributed by atoms with E-state index in [1.165, 1.54) is 0 Å². The van der Waals surface area contributed by atoms with Crippen LogP contribution in [0.5, 0.6) is 0 Å². The molecule has 102 valence electrons. The van der Waals surface area contributed by atoms with E-state index in [2.05, 4.69) is 5.16 Å². The molecule has 0 atom stereocenters. The van der Waals surface area contributed by atoms with E-state index >= 15 is 0 Å². The minimum atomic E-state index is -0.232. The van der Waals surface area contributed by atoms with E-state index in [1.807, 2.05) is 12.1 Å². The number of carbonyl (C=O) groups is 2. The molecule has 1 aliphatic rings.